The summed E-state index contributed by atoms with van der Waals surface area (Å²) in [6.07, 6.45) is 5.10. The van der Waals surface area contributed by atoms with Crippen LogP contribution in [-0.4, -0.2) is 12.6 Å². The van der Waals surface area contributed by atoms with Crippen molar-refractivity contribution in [2.75, 3.05) is 6.61 Å². The van der Waals surface area contributed by atoms with Gasteiger partial charge >= 0.3 is 5.97 Å². The number of halogens is 1. The summed E-state index contributed by atoms with van der Waals surface area (Å²) in [6.45, 7) is 2.06. The second-order valence-corrected chi connectivity index (χ2v) is 3.41. The molecule has 0 saturated heterocycles. The summed E-state index contributed by atoms with van der Waals surface area (Å²) in [5.41, 5.74) is 1.05. The molecule has 0 N–H and O–H groups in total. The van der Waals surface area contributed by atoms with Gasteiger partial charge in [0.25, 0.3) is 0 Å². The highest BCUT2D eigenvalue weighted by atomic mass is 35.5. The smallest absolute Gasteiger partial charge is 0.349 e. The maximum Gasteiger partial charge on any atom is 0.349 e. The van der Waals surface area contributed by atoms with Crippen molar-refractivity contribution in [2.24, 2.45) is 0 Å². The van der Waals surface area contributed by atoms with Crippen LogP contribution in [0.2, 0.25) is 0 Å². The van der Waals surface area contributed by atoms with Crippen molar-refractivity contribution in [2.45, 2.75) is 6.92 Å². The van der Waals surface area contributed by atoms with E-state index in [1.54, 1.807) is 13.0 Å². The SMILES string of the molecule is CCOC(=O)/C(Cl)=C\C=C\c1ccccc1. The van der Waals surface area contributed by atoms with Crippen molar-refractivity contribution in [1.82, 2.24) is 0 Å². The highest BCUT2D eigenvalue weighted by Gasteiger charge is 2.04. The summed E-state index contributed by atoms with van der Waals surface area (Å²) in [7, 11) is 0. The molecule has 0 atom stereocenters. The van der Waals surface area contributed by atoms with Gasteiger partial charge in [-0.2, -0.15) is 0 Å². The van der Waals surface area contributed by atoms with Crippen LogP contribution in [0, 0.1) is 0 Å². The summed E-state index contributed by atoms with van der Waals surface area (Å²) in [6, 6.07) is 9.75. The van der Waals surface area contributed by atoms with E-state index in [-0.39, 0.29) is 5.03 Å². The van der Waals surface area contributed by atoms with Crippen LogP contribution >= 0.6 is 11.6 Å². The van der Waals surface area contributed by atoms with Gasteiger partial charge in [-0.3, -0.25) is 0 Å². The van der Waals surface area contributed by atoms with Crippen LogP contribution in [0.5, 0.6) is 0 Å². The average molecular weight is 237 g/mol. The van der Waals surface area contributed by atoms with Gasteiger partial charge in [0.2, 0.25) is 0 Å². The predicted octanol–water partition coefficient (Wildman–Crippen LogP) is 3.39. The lowest BCUT2D eigenvalue weighted by atomic mass is 10.2. The Morgan fingerprint density at radius 1 is 1.38 bits per heavy atom. The average Bonchev–Trinajstić information content (AvgIpc) is 2.30. The molecule has 0 radical (unpaired) electrons. The van der Waals surface area contributed by atoms with Crippen molar-refractivity contribution in [3.05, 3.63) is 53.1 Å². The molecule has 1 aromatic rings. The highest BCUT2D eigenvalue weighted by molar-refractivity contribution is 6.41. The van der Waals surface area contributed by atoms with Crippen LogP contribution < -0.4 is 0 Å². The van der Waals surface area contributed by atoms with E-state index in [4.69, 9.17) is 16.3 Å². The molecular formula is C13H13ClO2. The molecule has 3 heteroatoms. The Morgan fingerprint density at radius 2 is 2.06 bits per heavy atom. The maximum absolute atomic E-state index is 11.1. The topological polar surface area (TPSA) is 26.3 Å². The van der Waals surface area contributed by atoms with Gasteiger partial charge in [0, 0.05) is 0 Å². The lowest BCUT2D eigenvalue weighted by Crippen LogP contribution is -2.02. The fraction of sp³-hybridized carbons (Fsp3) is 0.154. The summed E-state index contributed by atoms with van der Waals surface area (Å²) in [4.78, 5) is 11.1. The van der Waals surface area contributed by atoms with Gasteiger partial charge in [-0.05, 0) is 18.6 Å². The van der Waals surface area contributed by atoms with Crippen LogP contribution in [0.3, 0.4) is 0 Å². The summed E-state index contributed by atoms with van der Waals surface area (Å²) in [5.74, 6) is -0.498. The fourth-order valence-electron chi connectivity index (χ4n) is 1.08. The molecule has 0 fully saturated rings. The van der Waals surface area contributed by atoms with Crippen LogP contribution in [0.1, 0.15) is 12.5 Å². The number of allylic oxidation sites excluding steroid dienone is 2. The molecule has 0 bridgehead atoms. The predicted molar refractivity (Wildman–Crippen MR) is 66.0 cm³/mol. The van der Waals surface area contributed by atoms with Crippen molar-refractivity contribution in [1.29, 1.82) is 0 Å². The minimum absolute atomic E-state index is 0.0778. The molecule has 0 aliphatic rings. The van der Waals surface area contributed by atoms with Gasteiger partial charge in [-0.15, -0.1) is 0 Å². The third-order valence-corrected chi connectivity index (χ3v) is 2.08. The number of hydrogen-bond donors (Lipinski definition) is 0. The Morgan fingerprint density at radius 3 is 2.69 bits per heavy atom. The molecule has 1 aromatic carbocycles. The molecule has 1 rings (SSSR count). The van der Waals surface area contributed by atoms with Crippen LogP contribution in [0.25, 0.3) is 6.08 Å². The molecule has 2 nitrogen and oxygen atoms in total. The van der Waals surface area contributed by atoms with Crippen molar-refractivity contribution in [3.8, 4) is 0 Å². The standard InChI is InChI=1S/C13H13ClO2/c1-2-16-13(15)12(14)10-6-9-11-7-4-3-5-8-11/h3-10H,2H2,1H3/b9-6+,12-10+. The summed E-state index contributed by atoms with van der Waals surface area (Å²) in [5, 5.41) is 0.0778. The molecule has 0 unspecified atom stereocenters. The van der Waals surface area contributed by atoms with E-state index >= 15 is 0 Å². The molecule has 84 valence electrons. The van der Waals surface area contributed by atoms with Gasteiger partial charge in [-0.1, -0.05) is 54.1 Å². The number of carbonyl (C=O) groups excluding carboxylic acids is 1. The summed E-state index contributed by atoms with van der Waals surface area (Å²) < 4.78 is 4.73. The van der Waals surface area contributed by atoms with Gasteiger partial charge < -0.3 is 4.74 Å². The Hall–Kier alpha value is -1.54. The number of carbonyl (C=O) groups is 1. The zero-order chi connectivity index (χ0) is 11.8. The highest BCUT2D eigenvalue weighted by Crippen LogP contribution is 2.06. The van der Waals surface area contributed by atoms with Gasteiger partial charge in [0.05, 0.1) is 6.61 Å². The number of esters is 1. The van der Waals surface area contributed by atoms with Crippen LogP contribution in [0.4, 0.5) is 0 Å². The van der Waals surface area contributed by atoms with E-state index in [0.717, 1.165) is 5.56 Å². The first-order valence-corrected chi connectivity index (χ1v) is 5.38. The minimum atomic E-state index is -0.498. The van der Waals surface area contributed by atoms with Crippen molar-refractivity contribution in [3.63, 3.8) is 0 Å². The zero-order valence-electron chi connectivity index (χ0n) is 9.02. The molecule has 0 saturated carbocycles. The third kappa shape index (κ3) is 4.32. The monoisotopic (exact) mass is 236 g/mol. The second kappa shape index (κ2) is 6.85. The number of benzene rings is 1. The normalized spacial score (nSPS) is 11.8. The van der Waals surface area contributed by atoms with Crippen LogP contribution in [-0.2, 0) is 9.53 Å². The molecule has 0 amide bonds. The fourth-order valence-corrected chi connectivity index (χ4v) is 1.20. The van der Waals surface area contributed by atoms with Crippen LogP contribution in [0.15, 0.2) is 47.5 Å². The van der Waals surface area contributed by atoms with Crippen molar-refractivity contribution >= 4 is 23.6 Å². The molecule has 0 aliphatic heterocycles. The quantitative estimate of drug-likeness (QED) is 0.455. The molecule has 0 aliphatic carbocycles. The number of ether oxygens (including phenoxy) is 1. The molecular weight excluding hydrogens is 224 g/mol. The molecule has 0 heterocycles. The minimum Gasteiger partial charge on any atom is -0.462 e. The number of hydrogen-bond acceptors (Lipinski definition) is 2. The molecule has 0 aromatic heterocycles. The maximum atomic E-state index is 11.1. The Balaban J connectivity index is 2.59. The van der Waals surface area contributed by atoms with E-state index in [1.807, 2.05) is 36.4 Å². The lowest BCUT2D eigenvalue weighted by Gasteiger charge is -1.97. The van der Waals surface area contributed by atoms with Gasteiger partial charge in [0.15, 0.2) is 0 Å². The van der Waals surface area contributed by atoms with E-state index in [0.29, 0.717) is 6.61 Å². The summed E-state index contributed by atoms with van der Waals surface area (Å²) >= 11 is 5.71. The first-order valence-electron chi connectivity index (χ1n) is 5.00. The van der Waals surface area contributed by atoms with Crippen molar-refractivity contribution < 1.29 is 9.53 Å². The third-order valence-electron chi connectivity index (χ3n) is 1.80. The number of rotatable bonds is 4. The van der Waals surface area contributed by atoms with E-state index in [9.17, 15) is 4.79 Å². The first-order chi connectivity index (χ1) is 7.74. The Labute approximate surface area is 100 Å². The van der Waals surface area contributed by atoms with E-state index in [2.05, 4.69) is 0 Å². The molecule has 0 spiro atoms. The zero-order valence-corrected chi connectivity index (χ0v) is 9.78. The van der Waals surface area contributed by atoms with E-state index in [1.165, 1.54) is 6.08 Å². The Kier molecular flexibility index (Phi) is 5.37. The van der Waals surface area contributed by atoms with Gasteiger partial charge in [-0.25, -0.2) is 4.79 Å². The first kappa shape index (κ1) is 12.5. The van der Waals surface area contributed by atoms with Gasteiger partial charge in [0.1, 0.15) is 5.03 Å². The molecule has 16 heavy (non-hydrogen) atoms. The van der Waals surface area contributed by atoms with E-state index < -0.39 is 5.97 Å². The Bertz CT molecular complexity index is 394. The second-order valence-electron chi connectivity index (χ2n) is 3.00. The lowest BCUT2D eigenvalue weighted by molar-refractivity contribution is -0.137. The largest absolute Gasteiger partial charge is 0.462 e.